The molecular weight excluding hydrogens is 292 g/mol. The van der Waals surface area contributed by atoms with Crippen molar-refractivity contribution in [1.82, 2.24) is 0 Å². The van der Waals surface area contributed by atoms with Crippen LogP contribution in [-0.4, -0.2) is 5.78 Å². The van der Waals surface area contributed by atoms with Crippen LogP contribution in [-0.2, 0) is 4.79 Å². The SMILES string of the molecule is Cc1ccc(C=CC=CC(=O)C=CC=Cc2ccc(C)cc2)cc1. The van der Waals surface area contributed by atoms with Gasteiger partial charge in [0, 0.05) is 0 Å². The van der Waals surface area contributed by atoms with Crippen LogP contribution in [0.15, 0.2) is 85.0 Å². The summed E-state index contributed by atoms with van der Waals surface area (Å²) >= 11 is 0. The van der Waals surface area contributed by atoms with Crippen molar-refractivity contribution < 1.29 is 4.79 Å². The Morgan fingerprint density at radius 2 is 1.00 bits per heavy atom. The normalized spacial score (nSPS) is 12.1. The molecule has 0 aliphatic rings. The van der Waals surface area contributed by atoms with Crippen molar-refractivity contribution >= 4 is 17.9 Å². The number of hydrogen-bond donors (Lipinski definition) is 0. The molecule has 1 heteroatoms. The minimum Gasteiger partial charge on any atom is -0.290 e. The highest BCUT2D eigenvalue weighted by atomic mass is 16.1. The van der Waals surface area contributed by atoms with Gasteiger partial charge in [0.05, 0.1) is 0 Å². The molecule has 0 aliphatic heterocycles. The van der Waals surface area contributed by atoms with Crippen LogP contribution in [0.5, 0.6) is 0 Å². The molecular formula is C23H22O. The van der Waals surface area contributed by atoms with E-state index < -0.39 is 0 Å². The molecule has 0 radical (unpaired) electrons. The van der Waals surface area contributed by atoms with E-state index in [1.807, 2.05) is 24.3 Å². The second-order valence-electron chi connectivity index (χ2n) is 5.66. The molecule has 0 saturated carbocycles. The Morgan fingerprint density at radius 1 is 0.625 bits per heavy atom. The Bertz CT molecular complexity index is 702. The van der Waals surface area contributed by atoms with E-state index in [1.165, 1.54) is 11.1 Å². The average molecular weight is 314 g/mol. The first-order valence-corrected chi connectivity index (χ1v) is 8.00. The summed E-state index contributed by atoms with van der Waals surface area (Å²) in [7, 11) is 0. The van der Waals surface area contributed by atoms with Gasteiger partial charge in [0.2, 0.25) is 0 Å². The highest BCUT2D eigenvalue weighted by molar-refractivity contribution is 5.99. The maximum Gasteiger partial charge on any atom is 0.178 e. The first kappa shape index (κ1) is 17.4. The lowest BCUT2D eigenvalue weighted by Gasteiger charge is -1.93. The molecule has 0 N–H and O–H groups in total. The molecule has 0 spiro atoms. The van der Waals surface area contributed by atoms with Gasteiger partial charge in [-0.1, -0.05) is 96.1 Å². The molecule has 0 amide bonds. The summed E-state index contributed by atoms with van der Waals surface area (Å²) in [6.45, 7) is 4.12. The first-order chi connectivity index (χ1) is 11.6. The summed E-state index contributed by atoms with van der Waals surface area (Å²) in [5.41, 5.74) is 4.71. The number of aryl methyl sites for hydroxylation is 2. The summed E-state index contributed by atoms with van der Waals surface area (Å²) in [5.74, 6) is -0.0305. The van der Waals surface area contributed by atoms with E-state index in [9.17, 15) is 4.79 Å². The lowest BCUT2D eigenvalue weighted by atomic mass is 10.1. The highest BCUT2D eigenvalue weighted by Crippen LogP contribution is 2.06. The Kier molecular flexibility index (Phi) is 6.73. The third kappa shape index (κ3) is 6.45. The van der Waals surface area contributed by atoms with Crippen molar-refractivity contribution in [1.29, 1.82) is 0 Å². The van der Waals surface area contributed by atoms with E-state index in [1.54, 1.807) is 24.3 Å². The highest BCUT2D eigenvalue weighted by Gasteiger charge is 1.88. The lowest BCUT2D eigenvalue weighted by molar-refractivity contribution is -0.110. The van der Waals surface area contributed by atoms with Crippen molar-refractivity contribution in [3.63, 3.8) is 0 Å². The van der Waals surface area contributed by atoms with Crippen LogP contribution in [0.25, 0.3) is 12.2 Å². The third-order valence-electron chi connectivity index (χ3n) is 3.48. The largest absolute Gasteiger partial charge is 0.290 e. The summed E-state index contributed by atoms with van der Waals surface area (Å²) in [6.07, 6.45) is 14.3. The number of benzene rings is 2. The van der Waals surface area contributed by atoms with Crippen LogP contribution in [0.4, 0.5) is 0 Å². The zero-order chi connectivity index (χ0) is 17.2. The average Bonchev–Trinajstić information content (AvgIpc) is 2.59. The van der Waals surface area contributed by atoms with E-state index in [4.69, 9.17) is 0 Å². The molecule has 0 atom stereocenters. The van der Waals surface area contributed by atoms with Crippen molar-refractivity contribution in [3.8, 4) is 0 Å². The predicted molar refractivity (Wildman–Crippen MR) is 104 cm³/mol. The number of carbonyl (C=O) groups is 1. The van der Waals surface area contributed by atoms with Gasteiger partial charge in [-0.25, -0.2) is 0 Å². The second kappa shape index (κ2) is 9.26. The smallest absolute Gasteiger partial charge is 0.178 e. The van der Waals surface area contributed by atoms with Gasteiger partial charge in [0.1, 0.15) is 0 Å². The number of carbonyl (C=O) groups excluding carboxylic acids is 1. The van der Waals surface area contributed by atoms with Crippen molar-refractivity contribution in [2.75, 3.05) is 0 Å². The Morgan fingerprint density at radius 3 is 1.38 bits per heavy atom. The molecule has 0 aromatic heterocycles. The zero-order valence-electron chi connectivity index (χ0n) is 14.1. The molecule has 0 fully saturated rings. The molecule has 24 heavy (non-hydrogen) atoms. The number of rotatable bonds is 6. The number of allylic oxidation sites excluding steroid dienone is 6. The van der Waals surface area contributed by atoms with E-state index >= 15 is 0 Å². The summed E-state index contributed by atoms with van der Waals surface area (Å²) in [4.78, 5) is 11.7. The first-order valence-electron chi connectivity index (χ1n) is 8.00. The van der Waals surface area contributed by atoms with Gasteiger partial charge in [0.25, 0.3) is 0 Å². The molecule has 2 aromatic carbocycles. The second-order valence-corrected chi connectivity index (χ2v) is 5.66. The monoisotopic (exact) mass is 314 g/mol. The van der Waals surface area contributed by atoms with Gasteiger partial charge in [-0.15, -0.1) is 0 Å². The van der Waals surface area contributed by atoms with Gasteiger partial charge >= 0.3 is 0 Å². The van der Waals surface area contributed by atoms with Crippen LogP contribution >= 0.6 is 0 Å². The Hall–Kier alpha value is -2.93. The maximum atomic E-state index is 11.7. The Labute approximate surface area is 144 Å². The molecule has 1 nitrogen and oxygen atoms in total. The molecule has 0 bridgehead atoms. The van der Waals surface area contributed by atoms with Gasteiger partial charge in [-0.05, 0) is 37.1 Å². The molecule has 0 heterocycles. The number of hydrogen-bond acceptors (Lipinski definition) is 1. The van der Waals surface area contributed by atoms with Gasteiger partial charge in [0.15, 0.2) is 5.78 Å². The van der Waals surface area contributed by atoms with Crippen molar-refractivity contribution in [2.24, 2.45) is 0 Å². The summed E-state index contributed by atoms with van der Waals surface area (Å²) in [6, 6.07) is 16.5. The van der Waals surface area contributed by atoms with Crippen LogP contribution in [0.3, 0.4) is 0 Å². The molecule has 120 valence electrons. The van der Waals surface area contributed by atoms with Gasteiger partial charge in [-0.2, -0.15) is 0 Å². The molecule has 0 aliphatic carbocycles. The summed E-state index contributed by atoms with van der Waals surface area (Å²) in [5, 5.41) is 0. The van der Waals surface area contributed by atoms with E-state index in [0.717, 1.165) is 11.1 Å². The fourth-order valence-electron chi connectivity index (χ4n) is 2.04. The zero-order valence-corrected chi connectivity index (χ0v) is 14.1. The van der Waals surface area contributed by atoms with E-state index in [-0.39, 0.29) is 5.78 Å². The fourth-order valence-corrected chi connectivity index (χ4v) is 2.04. The van der Waals surface area contributed by atoms with Gasteiger partial charge in [-0.3, -0.25) is 4.79 Å². The van der Waals surface area contributed by atoms with Crippen LogP contribution in [0.2, 0.25) is 0 Å². The standard InChI is InChI=1S/C23H22O/c1-19-11-15-21(16-12-19)7-3-5-9-23(24)10-6-4-8-22-17-13-20(2)14-18-22/h3-18H,1-2H3. The minimum atomic E-state index is -0.0305. The van der Waals surface area contributed by atoms with E-state index in [0.29, 0.717) is 0 Å². The number of ketones is 1. The quantitative estimate of drug-likeness (QED) is 0.493. The minimum absolute atomic E-state index is 0.0305. The summed E-state index contributed by atoms with van der Waals surface area (Å²) < 4.78 is 0. The van der Waals surface area contributed by atoms with Crippen LogP contribution in [0, 0.1) is 13.8 Å². The molecule has 2 aromatic rings. The van der Waals surface area contributed by atoms with Crippen LogP contribution < -0.4 is 0 Å². The lowest BCUT2D eigenvalue weighted by Crippen LogP contribution is -1.82. The van der Waals surface area contributed by atoms with E-state index in [2.05, 4.69) is 62.4 Å². The van der Waals surface area contributed by atoms with Gasteiger partial charge < -0.3 is 0 Å². The molecule has 0 unspecified atom stereocenters. The van der Waals surface area contributed by atoms with Crippen molar-refractivity contribution in [2.45, 2.75) is 13.8 Å². The fraction of sp³-hybridized carbons (Fsp3) is 0.0870. The molecule has 0 saturated heterocycles. The Balaban J connectivity index is 1.81. The third-order valence-corrected chi connectivity index (χ3v) is 3.48. The predicted octanol–water partition coefficient (Wildman–Crippen LogP) is 5.71. The van der Waals surface area contributed by atoms with Crippen molar-refractivity contribution in [3.05, 3.63) is 107 Å². The topological polar surface area (TPSA) is 17.1 Å². The van der Waals surface area contributed by atoms with Crippen LogP contribution in [0.1, 0.15) is 22.3 Å². The molecule has 2 rings (SSSR count). The maximum absolute atomic E-state index is 11.7.